The first-order valence-electron chi connectivity index (χ1n) is 17.7. The van der Waals surface area contributed by atoms with Crippen molar-refractivity contribution >= 4 is 53.1 Å². The van der Waals surface area contributed by atoms with E-state index in [-0.39, 0.29) is 48.3 Å². The van der Waals surface area contributed by atoms with Crippen LogP contribution in [0.1, 0.15) is 29.5 Å². The van der Waals surface area contributed by atoms with Gasteiger partial charge in [0.1, 0.15) is 25.5 Å². The Labute approximate surface area is 331 Å². The van der Waals surface area contributed by atoms with E-state index in [1.807, 2.05) is 31.3 Å². The van der Waals surface area contributed by atoms with Crippen LogP contribution in [0.3, 0.4) is 0 Å². The third kappa shape index (κ3) is 11.9. The zero-order valence-electron chi connectivity index (χ0n) is 31.2. The fraction of sp³-hybridized carbons (Fsp3) is 0.378. The van der Waals surface area contributed by atoms with Crippen molar-refractivity contribution in [3.63, 3.8) is 0 Å². The molecule has 2 heterocycles. The minimum atomic E-state index is -1.22. The van der Waals surface area contributed by atoms with Crippen molar-refractivity contribution < 1.29 is 43.2 Å². The predicted molar refractivity (Wildman–Crippen MR) is 207 cm³/mol. The van der Waals surface area contributed by atoms with Crippen molar-refractivity contribution in [2.75, 3.05) is 40.3 Å². The Morgan fingerprint density at radius 1 is 0.895 bits per heavy atom. The van der Waals surface area contributed by atoms with Gasteiger partial charge in [-0.2, -0.15) is 11.8 Å². The minimum Gasteiger partial charge on any atom is -0.497 e. The quantitative estimate of drug-likeness (QED) is 0.102. The van der Waals surface area contributed by atoms with Crippen LogP contribution in [0.15, 0.2) is 77.8 Å². The number of hydrogen-bond donors (Lipinski definition) is 2. The van der Waals surface area contributed by atoms with Gasteiger partial charge in [-0.1, -0.05) is 12.1 Å². The molecule has 3 aromatic rings. The third-order valence-electron chi connectivity index (χ3n) is 9.33. The molecule has 20 heteroatoms. The molecule has 0 radical (unpaired) electrons. The highest BCUT2D eigenvalue weighted by Gasteiger charge is 2.39. The van der Waals surface area contributed by atoms with E-state index in [1.165, 1.54) is 54.1 Å². The van der Waals surface area contributed by atoms with Gasteiger partial charge in [0.2, 0.25) is 17.8 Å². The van der Waals surface area contributed by atoms with E-state index in [1.54, 1.807) is 23.8 Å². The van der Waals surface area contributed by atoms with Crippen LogP contribution >= 0.6 is 11.8 Å². The van der Waals surface area contributed by atoms with Crippen LogP contribution in [0.2, 0.25) is 0 Å². The number of methoxy groups -OCH3 is 1. The summed E-state index contributed by atoms with van der Waals surface area (Å²) in [7, 11) is 3.55. The summed E-state index contributed by atoms with van der Waals surface area (Å²) in [5.41, 5.74) is 7.67. The lowest BCUT2D eigenvalue weighted by atomic mass is 10.2. The molecule has 2 aliphatic heterocycles. The maximum absolute atomic E-state index is 13.6. The molecule has 0 aliphatic carbocycles. The maximum Gasteiger partial charge on any atom is 0.437 e. The molecular weight excluding hydrogens is 765 g/mol. The smallest absolute Gasteiger partial charge is 0.437 e. The normalized spacial score (nSPS) is 18.1. The molecule has 0 saturated carbocycles. The molecule has 57 heavy (non-hydrogen) atoms. The highest BCUT2D eigenvalue weighted by Crippen LogP contribution is 2.31. The van der Waals surface area contributed by atoms with Crippen molar-refractivity contribution in [3.8, 4) is 5.75 Å². The van der Waals surface area contributed by atoms with Gasteiger partial charge in [-0.25, -0.2) is 14.5 Å². The molecule has 0 aromatic heterocycles. The van der Waals surface area contributed by atoms with Crippen molar-refractivity contribution in [2.45, 2.75) is 49.1 Å². The van der Waals surface area contributed by atoms with Crippen LogP contribution in [0, 0.1) is 20.2 Å². The number of thioether (sulfide) groups is 1. The van der Waals surface area contributed by atoms with Gasteiger partial charge in [-0.05, 0) is 73.0 Å². The minimum absolute atomic E-state index is 0.0261. The number of carbonyl (C=O) groups is 4. The van der Waals surface area contributed by atoms with Crippen LogP contribution in [0.5, 0.6) is 5.75 Å². The number of amides is 4. The van der Waals surface area contributed by atoms with Gasteiger partial charge >= 0.3 is 12.2 Å². The van der Waals surface area contributed by atoms with Gasteiger partial charge < -0.3 is 30.2 Å². The van der Waals surface area contributed by atoms with Crippen LogP contribution in [-0.4, -0.2) is 112 Å². The Hall–Kier alpha value is -6.28. The summed E-state index contributed by atoms with van der Waals surface area (Å²) >= 11 is 1.80. The average Bonchev–Trinajstić information content (AvgIpc) is 3.83. The van der Waals surface area contributed by atoms with E-state index in [0.29, 0.717) is 35.4 Å². The molecule has 2 aliphatic rings. The standard InChI is InChI=1S/C37H42N8O11S/c1-41-19-31(57-23-26-7-13-30(54-2)14-8-26)17-32(41)34(47)42-16-15-27(18-42)39-33(46)20-43(37(49)56-22-25-5-11-29(12-6-25)45(52)53)35(38)40-36(48)55-21-24-3-9-28(10-4-24)44(50)51/h3-14,27,31-32H,15-23H2,1-2H3,(H,39,46)(H2,38,40,48)/t27-,31-,32-/m0/s1. The van der Waals surface area contributed by atoms with E-state index in [0.717, 1.165) is 18.0 Å². The number of ether oxygens (including phenoxy) is 3. The Bertz CT molecular complexity index is 1970. The first-order chi connectivity index (χ1) is 27.3. The molecule has 3 atom stereocenters. The number of likely N-dealkylation sites (tertiary alicyclic amines) is 2. The summed E-state index contributed by atoms with van der Waals surface area (Å²) in [4.78, 5) is 81.4. The number of nitro groups is 2. The fourth-order valence-corrected chi connectivity index (χ4v) is 7.50. The second kappa shape index (κ2) is 19.5. The van der Waals surface area contributed by atoms with Gasteiger partial charge in [0.25, 0.3) is 11.4 Å². The Morgan fingerprint density at radius 3 is 2.05 bits per heavy atom. The van der Waals surface area contributed by atoms with E-state index < -0.39 is 46.5 Å². The van der Waals surface area contributed by atoms with Crippen LogP contribution in [-0.2, 0) is 38.0 Å². The number of carbonyl (C=O) groups excluding carboxylic acids is 4. The molecule has 19 nitrogen and oxygen atoms in total. The van der Waals surface area contributed by atoms with Crippen molar-refractivity contribution in [1.29, 1.82) is 0 Å². The number of benzene rings is 3. The number of aliphatic imine (C=N–C) groups is 1. The number of nitrogens with zero attached hydrogens (tertiary/aromatic N) is 6. The number of rotatable bonds is 14. The molecule has 302 valence electrons. The molecule has 4 amide bonds. The van der Waals surface area contributed by atoms with E-state index in [4.69, 9.17) is 19.9 Å². The van der Waals surface area contributed by atoms with Crippen molar-refractivity contribution in [2.24, 2.45) is 10.7 Å². The predicted octanol–water partition coefficient (Wildman–Crippen LogP) is 3.82. The number of nitrogens with one attached hydrogen (secondary N) is 1. The van der Waals surface area contributed by atoms with Gasteiger partial charge in [0.05, 0.1) is 23.0 Å². The molecule has 0 spiro atoms. The van der Waals surface area contributed by atoms with Gasteiger partial charge in [-0.3, -0.25) is 34.7 Å². The van der Waals surface area contributed by atoms with Crippen LogP contribution in [0.4, 0.5) is 21.0 Å². The zero-order valence-corrected chi connectivity index (χ0v) is 32.0. The number of guanidine groups is 1. The average molecular weight is 807 g/mol. The SMILES string of the molecule is COc1ccc(CS[C@H]2C[C@@H](C(=O)N3CC[C@H](NC(=O)CN(C(=O)OCc4ccc([N+](=O)[O-])cc4)C(N)=NC(=O)OCc4ccc([N+](=O)[O-])cc4)C3)N(C)C2)cc1. The first-order valence-corrected chi connectivity index (χ1v) is 18.8. The summed E-state index contributed by atoms with van der Waals surface area (Å²) in [6.07, 6.45) is -1.22. The molecule has 0 bridgehead atoms. The second-order valence-corrected chi connectivity index (χ2v) is 14.6. The Morgan fingerprint density at radius 2 is 1.47 bits per heavy atom. The monoisotopic (exact) mass is 806 g/mol. The largest absolute Gasteiger partial charge is 0.497 e. The van der Waals surface area contributed by atoms with Crippen molar-refractivity contribution in [3.05, 3.63) is 110 Å². The van der Waals surface area contributed by atoms with E-state index in [9.17, 15) is 39.4 Å². The third-order valence-corrected chi connectivity index (χ3v) is 10.6. The molecular formula is C37H42N8O11S. The number of non-ortho nitro benzene ring substituents is 2. The second-order valence-electron chi connectivity index (χ2n) is 13.3. The highest BCUT2D eigenvalue weighted by atomic mass is 32.2. The lowest BCUT2D eigenvalue weighted by Crippen LogP contribution is -2.50. The van der Waals surface area contributed by atoms with Gasteiger partial charge in [0, 0.05) is 60.9 Å². The lowest BCUT2D eigenvalue weighted by Gasteiger charge is -2.25. The maximum atomic E-state index is 13.6. The Kier molecular flexibility index (Phi) is 14.4. The van der Waals surface area contributed by atoms with Crippen molar-refractivity contribution in [1.82, 2.24) is 20.0 Å². The zero-order chi connectivity index (χ0) is 41.1. The lowest BCUT2D eigenvalue weighted by molar-refractivity contribution is -0.385. The number of hydrogen-bond acceptors (Lipinski definition) is 13. The summed E-state index contributed by atoms with van der Waals surface area (Å²) in [6, 6.07) is 17.6. The molecule has 3 N–H and O–H groups in total. The molecule has 2 saturated heterocycles. The summed E-state index contributed by atoms with van der Waals surface area (Å²) in [5, 5.41) is 25.0. The summed E-state index contributed by atoms with van der Waals surface area (Å²) in [6.45, 7) is 0.0327. The number of likely N-dealkylation sites (N-methyl/N-ethyl adjacent to an activating group) is 1. The topological polar surface area (TPSA) is 242 Å². The number of nitro benzene ring substituents is 2. The first kappa shape index (κ1) is 41.9. The van der Waals surface area contributed by atoms with E-state index >= 15 is 0 Å². The van der Waals surface area contributed by atoms with Crippen LogP contribution in [0.25, 0.3) is 0 Å². The molecule has 0 unspecified atom stereocenters. The van der Waals surface area contributed by atoms with Crippen LogP contribution < -0.4 is 15.8 Å². The summed E-state index contributed by atoms with van der Waals surface area (Å²) in [5.74, 6) is 0.177. The number of nitrogens with two attached hydrogens (primary N) is 1. The Balaban J connectivity index is 1.16. The molecule has 2 fully saturated rings. The highest BCUT2D eigenvalue weighted by molar-refractivity contribution is 7.99. The van der Waals surface area contributed by atoms with Gasteiger partial charge in [-0.15, -0.1) is 4.99 Å². The molecule has 5 rings (SSSR count). The van der Waals surface area contributed by atoms with E-state index in [2.05, 4.69) is 15.2 Å². The summed E-state index contributed by atoms with van der Waals surface area (Å²) < 4.78 is 15.6. The molecule has 3 aromatic carbocycles. The fourth-order valence-electron chi connectivity index (χ4n) is 6.22. The van der Waals surface area contributed by atoms with Gasteiger partial charge in [0.15, 0.2) is 0 Å².